The number of nitrogens with one attached hydrogen (secondary N) is 2. The number of amides is 1. The number of rotatable bonds is 11. The van der Waals surface area contributed by atoms with E-state index in [2.05, 4.69) is 27.3 Å². The molecule has 0 saturated carbocycles. The molecular weight excluding hydrogens is 645 g/mol. The number of carbonyl (C=O) groups is 1. The van der Waals surface area contributed by atoms with E-state index in [1.807, 2.05) is 67.8 Å². The fraction of sp³-hybridized carbons (Fsp3) is 0.244. The summed E-state index contributed by atoms with van der Waals surface area (Å²) in [4.78, 5) is 28.9. The molecule has 0 unspecified atom stereocenters. The molecule has 10 heteroatoms. The summed E-state index contributed by atoms with van der Waals surface area (Å²) < 4.78 is 25.2. The molecule has 1 saturated heterocycles. The summed E-state index contributed by atoms with van der Waals surface area (Å²) in [5, 5.41) is 14.7. The normalized spacial score (nSPS) is 14.1. The molecule has 1 aliphatic heterocycles. The molecule has 4 aromatic carbocycles. The number of para-hydroxylation sites is 1. The number of H-pyrrole nitrogens is 1. The van der Waals surface area contributed by atoms with Crippen LogP contribution in [0.1, 0.15) is 57.5 Å². The van der Waals surface area contributed by atoms with Crippen molar-refractivity contribution in [2.75, 3.05) is 38.3 Å². The number of methoxy groups -OCH3 is 1. The number of aromatic nitrogens is 3. The number of aryl methyl sites for hydroxylation is 1. The van der Waals surface area contributed by atoms with Gasteiger partial charge in [-0.05, 0) is 103 Å². The second-order valence-corrected chi connectivity index (χ2v) is 12.9. The van der Waals surface area contributed by atoms with Crippen molar-refractivity contribution >= 4 is 22.5 Å². The lowest BCUT2D eigenvalue weighted by atomic mass is 9.89. The first-order valence-corrected chi connectivity index (χ1v) is 17.1. The Bertz CT molecular complexity index is 2090. The summed E-state index contributed by atoms with van der Waals surface area (Å²) >= 11 is 0. The summed E-state index contributed by atoms with van der Waals surface area (Å²) in [7, 11) is 1.66. The zero-order valence-electron chi connectivity index (χ0n) is 28.6. The van der Waals surface area contributed by atoms with E-state index in [1.54, 1.807) is 19.2 Å². The molecule has 0 bridgehead atoms. The van der Waals surface area contributed by atoms with Gasteiger partial charge in [0.15, 0.2) is 5.82 Å². The third kappa shape index (κ3) is 7.71. The molecule has 51 heavy (non-hydrogen) atoms. The van der Waals surface area contributed by atoms with Gasteiger partial charge < -0.3 is 29.8 Å². The first kappa shape index (κ1) is 33.7. The van der Waals surface area contributed by atoms with Gasteiger partial charge in [-0.1, -0.05) is 30.3 Å². The van der Waals surface area contributed by atoms with Crippen LogP contribution in [0, 0.1) is 12.7 Å². The SMILES string of the molecule is COCCOc1ccc(C2CCN(c3cnc(-c4cc(C)cc(C(=O)N[C@@H](c5cc6ccccc6[nH]5)c5cc(F)ccc5O)c4)nc3)CC2)cc1. The predicted octanol–water partition coefficient (Wildman–Crippen LogP) is 7.71. The van der Waals surface area contributed by atoms with E-state index in [0.29, 0.717) is 41.8 Å². The molecule has 2 aromatic heterocycles. The maximum absolute atomic E-state index is 14.4. The first-order chi connectivity index (χ1) is 24.8. The lowest BCUT2D eigenvalue weighted by Crippen LogP contribution is -2.33. The molecule has 6 aromatic rings. The van der Waals surface area contributed by atoms with Gasteiger partial charge >= 0.3 is 0 Å². The molecular formula is C41H40FN5O4. The number of phenolic OH excluding ortho intramolecular Hbond substituents is 1. The van der Waals surface area contributed by atoms with Crippen molar-refractivity contribution in [3.63, 3.8) is 0 Å². The fourth-order valence-corrected chi connectivity index (χ4v) is 6.77. The van der Waals surface area contributed by atoms with Crippen LogP contribution in [0.3, 0.4) is 0 Å². The van der Waals surface area contributed by atoms with Crippen molar-refractivity contribution in [1.29, 1.82) is 0 Å². The lowest BCUT2D eigenvalue weighted by Gasteiger charge is -2.33. The van der Waals surface area contributed by atoms with Gasteiger partial charge in [-0.2, -0.15) is 0 Å². The van der Waals surface area contributed by atoms with Gasteiger partial charge in [-0.3, -0.25) is 4.79 Å². The highest BCUT2D eigenvalue weighted by atomic mass is 19.1. The number of hydrogen-bond donors (Lipinski definition) is 3. The van der Waals surface area contributed by atoms with Crippen LogP contribution in [0.15, 0.2) is 103 Å². The molecule has 0 aliphatic carbocycles. The van der Waals surface area contributed by atoms with E-state index in [-0.39, 0.29) is 17.2 Å². The third-order valence-electron chi connectivity index (χ3n) is 9.44. The van der Waals surface area contributed by atoms with E-state index in [9.17, 15) is 14.3 Å². The van der Waals surface area contributed by atoms with Gasteiger partial charge in [0.2, 0.25) is 0 Å². The zero-order valence-corrected chi connectivity index (χ0v) is 28.6. The summed E-state index contributed by atoms with van der Waals surface area (Å²) in [5.74, 6) is 0.809. The Morgan fingerprint density at radius 2 is 1.75 bits per heavy atom. The number of phenols is 1. The Morgan fingerprint density at radius 1 is 0.980 bits per heavy atom. The second-order valence-electron chi connectivity index (χ2n) is 12.9. The molecule has 1 amide bonds. The first-order valence-electron chi connectivity index (χ1n) is 17.1. The van der Waals surface area contributed by atoms with E-state index in [1.165, 1.54) is 23.8 Å². The molecule has 7 rings (SSSR count). The number of aromatic amines is 1. The fourth-order valence-electron chi connectivity index (χ4n) is 6.77. The highest BCUT2D eigenvalue weighted by Crippen LogP contribution is 2.33. The van der Waals surface area contributed by atoms with Crippen LogP contribution in [-0.4, -0.2) is 59.4 Å². The lowest BCUT2D eigenvalue weighted by molar-refractivity contribution is 0.0942. The third-order valence-corrected chi connectivity index (χ3v) is 9.44. The number of anilines is 1. The maximum atomic E-state index is 14.4. The molecule has 9 nitrogen and oxygen atoms in total. The molecule has 260 valence electrons. The van der Waals surface area contributed by atoms with Crippen LogP contribution < -0.4 is 15.0 Å². The Balaban J connectivity index is 1.05. The van der Waals surface area contributed by atoms with Gasteiger partial charge in [-0.25, -0.2) is 14.4 Å². The number of halogens is 1. The number of piperidine rings is 1. The number of carbonyl (C=O) groups excluding carboxylic acids is 1. The van der Waals surface area contributed by atoms with Crippen LogP contribution in [0.5, 0.6) is 11.5 Å². The predicted molar refractivity (Wildman–Crippen MR) is 196 cm³/mol. The number of fused-ring (bicyclic) bond motifs is 1. The zero-order chi connectivity index (χ0) is 35.3. The van der Waals surface area contributed by atoms with Crippen LogP contribution in [0.4, 0.5) is 10.1 Å². The van der Waals surface area contributed by atoms with E-state index in [4.69, 9.17) is 19.4 Å². The summed E-state index contributed by atoms with van der Waals surface area (Å²) in [6.07, 6.45) is 5.73. The van der Waals surface area contributed by atoms with Crippen LogP contribution in [0.25, 0.3) is 22.3 Å². The maximum Gasteiger partial charge on any atom is 0.252 e. The Morgan fingerprint density at radius 3 is 2.49 bits per heavy atom. The van der Waals surface area contributed by atoms with Gasteiger partial charge in [0.1, 0.15) is 23.9 Å². The van der Waals surface area contributed by atoms with Crippen molar-refractivity contribution in [2.24, 2.45) is 0 Å². The average molecular weight is 686 g/mol. The number of benzene rings is 4. The summed E-state index contributed by atoms with van der Waals surface area (Å²) in [6.45, 7) is 4.80. The van der Waals surface area contributed by atoms with Crippen LogP contribution in [0.2, 0.25) is 0 Å². The highest BCUT2D eigenvalue weighted by molar-refractivity contribution is 5.96. The van der Waals surface area contributed by atoms with E-state index in [0.717, 1.165) is 53.8 Å². The number of hydrogen-bond acceptors (Lipinski definition) is 7. The van der Waals surface area contributed by atoms with Gasteiger partial charge in [0, 0.05) is 48.1 Å². The minimum absolute atomic E-state index is 0.124. The summed E-state index contributed by atoms with van der Waals surface area (Å²) in [5.41, 5.74) is 5.95. The average Bonchev–Trinajstić information content (AvgIpc) is 3.59. The van der Waals surface area contributed by atoms with Crippen molar-refractivity contribution < 1.29 is 23.8 Å². The molecule has 1 aliphatic rings. The number of ether oxygens (including phenoxy) is 2. The van der Waals surface area contributed by atoms with Gasteiger partial charge in [0.25, 0.3) is 5.91 Å². The van der Waals surface area contributed by atoms with Crippen molar-refractivity contribution in [3.05, 3.63) is 137 Å². The van der Waals surface area contributed by atoms with Crippen molar-refractivity contribution in [1.82, 2.24) is 20.3 Å². The number of nitrogens with zero attached hydrogens (tertiary/aromatic N) is 3. The molecule has 3 heterocycles. The van der Waals surface area contributed by atoms with Gasteiger partial charge in [0.05, 0.1) is 30.7 Å². The summed E-state index contributed by atoms with van der Waals surface area (Å²) in [6, 6.07) is 26.3. The smallest absolute Gasteiger partial charge is 0.252 e. The topological polar surface area (TPSA) is 113 Å². The standard InChI is InChI=1S/C41H40FN5O4/c1-26-19-30(40-43-24-33(25-44-40)47-15-13-28(14-16-47)27-7-10-34(11-8-27)51-18-17-50-2)21-31(20-26)41(49)46-39(35-23-32(42)9-12-38(35)48)37-22-29-5-3-4-6-36(29)45-37/h3-12,19-25,28,39,45,48H,13-18H2,1-2H3,(H,46,49)/t39-/m1/s1. The van der Waals surface area contributed by atoms with E-state index >= 15 is 0 Å². The molecule has 0 spiro atoms. The van der Waals surface area contributed by atoms with E-state index < -0.39 is 11.9 Å². The second kappa shape index (κ2) is 15.0. The van der Waals surface area contributed by atoms with Gasteiger partial charge in [-0.15, -0.1) is 0 Å². The van der Waals surface area contributed by atoms with Crippen LogP contribution >= 0.6 is 0 Å². The minimum Gasteiger partial charge on any atom is -0.508 e. The molecule has 3 N–H and O–H groups in total. The molecule has 0 radical (unpaired) electrons. The highest BCUT2D eigenvalue weighted by Gasteiger charge is 2.25. The molecule has 1 atom stereocenters. The monoisotopic (exact) mass is 685 g/mol. The van der Waals surface area contributed by atoms with Crippen molar-refractivity contribution in [3.8, 4) is 22.9 Å². The molecule has 1 fully saturated rings. The Kier molecular flexibility index (Phi) is 9.94. The Hall–Kier alpha value is -5.74. The minimum atomic E-state index is -0.844. The quantitative estimate of drug-likeness (QED) is 0.120. The Labute approximate surface area is 296 Å². The largest absolute Gasteiger partial charge is 0.508 e. The van der Waals surface area contributed by atoms with Crippen LogP contribution in [-0.2, 0) is 4.74 Å². The van der Waals surface area contributed by atoms with Crippen molar-refractivity contribution in [2.45, 2.75) is 31.7 Å². The number of aromatic hydroxyl groups is 1.